The van der Waals surface area contributed by atoms with Gasteiger partial charge in [0.15, 0.2) is 0 Å². The highest BCUT2D eigenvalue weighted by molar-refractivity contribution is 6.30. The Morgan fingerprint density at radius 3 is 2.38 bits per heavy atom. The number of hydrogen-bond donors (Lipinski definition) is 0. The van der Waals surface area contributed by atoms with Crippen LogP contribution in [0.2, 0.25) is 5.02 Å². The van der Waals surface area contributed by atoms with E-state index in [4.69, 9.17) is 25.5 Å². The van der Waals surface area contributed by atoms with E-state index < -0.39 is 0 Å². The van der Waals surface area contributed by atoms with Crippen LogP contribution in [0.5, 0.6) is 11.5 Å². The minimum atomic E-state index is 0.494. The van der Waals surface area contributed by atoms with Crippen LogP contribution in [-0.2, 0) is 6.54 Å². The van der Waals surface area contributed by atoms with E-state index in [1.807, 2.05) is 43.4 Å². The second-order valence-electron chi connectivity index (χ2n) is 5.77. The third-order valence-corrected chi connectivity index (χ3v) is 4.02. The fourth-order valence-electron chi connectivity index (χ4n) is 2.33. The van der Waals surface area contributed by atoms with E-state index in [9.17, 15) is 0 Å². The summed E-state index contributed by atoms with van der Waals surface area (Å²) in [5, 5.41) is 8.90. The van der Waals surface area contributed by atoms with Gasteiger partial charge in [0.25, 0.3) is 0 Å². The van der Waals surface area contributed by atoms with Gasteiger partial charge in [-0.2, -0.15) is 0 Å². The Kier molecular flexibility index (Phi) is 6.09. The third-order valence-electron chi connectivity index (χ3n) is 3.76. The Hall–Kier alpha value is -2.57. The minimum Gasteiger partial charge on any atom is -0.497 e. The molecule has 0 fully saturated rings. The van der Waals surface area contributed by atoms with Gasteiger partial charge in [0, 0.05) is 17.1 Å². The number of benzene rings is 2. The van der Waals surface area contributed by atoms with Crippen molar-refractivity contribution in [1.82, 2.24) is 15.1 Å². The van der Waals surface area contributed by atoms with Crippen molar-refractivity contribution in [3.63, 3.8) is 0 Å². The zero-order chi connectivity index (χ0) is 18.4. The van der Waals surface area contributed by atoms with Gasteiger partial charge in [0.1, 0.15) is 18.1 Å². The summed E-state index contributed by atoms with van der Waals surface area (Å²) in [6, 6.07) is 14.8. The zero-order valence-electron chi connectivity index (χ0n) is 14.7. The molecule has 3 aromatic rings. The van der Waals surface area contributed by atoms with Crippen molar-refractivity contribution < 1.29 is 13.9 Å². The summed E-state index contributed by atoms with van der Waals surface area (Å²) in [6.45, 7) is 1.83. The number of rotatable bonds is 8. The van der Waals surface area contributed by atoms with Crippen molar-refractivity contribution in [2.45, 2.75) is 6.54 Å². The highest BCUT2D eigenvalue weighted by atomic mass is 35.5. The molecule has 0 unspecified atom stereocenters. The maximum atomic E-state index is 5.85. The molecule has 6 nitrogen and oxygen atoms in total. The van der Waals surface area contributed by atoms with Crippen LogP contribution in [0.1, 0.15) is 5.89 Å². The average molecular weight is 374 g/mol. The monoisotopic (exact) mass is 373 g/mol. The van der Waals surface area contributed by atoms with Crippen LogP contribution in [0.3, 0.4) is 0 Å². The molecule has 0 aliphatic carbocycles. The lowest BCUT2D eigenvalue weighted by atomic mass is 10.2. The van der Waals surface area contributed by atoms with E-state index in [0.717, 1.165) is 23.6 Å². The molecule has 0 spiro atoms. The Morgan fingerprint density at radius 1 is 1.00 bits per heavy atom. The fourth-order valence-corrected chi connectivity index (χ4v) is 2.45. The van der Waals surface area contributed by atoms with Crippen LogP contribution in [0.25, 0.3) is 11.5 Å². The van der Waals surface area contributed by atoms with Gasteiger partial charge in [-0.15, -0.1) is 10.2 Å². The molecule has 2 aromatic carbocycles. The first-order valence-electron chi connectivity index (χ1n) is 8.18. The Morgan fingerprint density at radius 2 is 1.69 bits per heavy atom. The van der Waals surface area contributed by atoms with Crippen molar-refractivity contribution in [3.8, 4) is 23.0 Å². The van der Waals surface area contributed by atoms with E-state index in [-0.39, 0.29) is 0 Å². The van der Waals surface area contributed by atoms with Gasteiger partial charge in [-0.05, 0) is 55.6 Å². The van der Waals surface area contributed by atoms with Crippen molar-refractivity contribution in [2.75, 3.05) is 27.3 Å². The predicted octanol–water partition coefficient (Wildman–Crippen LogP) is 3.91. The molecule has 0 aliphatic rings. The normalized spacial score (nSPS) is 10.9. The van der Waals surface area contributed by atoms with E-state index in [1.165, 1.54) is 0 Å². The maximum absolute atomic E-state index is 5.85. The molecule has 26 heavy (non-hydrogen) atoms. The first kappa shape index (κ1) is 18.2. The highest BCUT2D eigenvalue weighted by Gasteiger charge is 2.11. The molecule has 136 valence electrons. The van der Waals surface area contributed by atoms with Crippen molar-refractivity contribution in [3.05, 3.63) is 59.4 Å². The van der Waals surface area contributed by atoms with Crippen molar-refractivity contribution >= 4 is 11.6 Å². The van der Waals surface area contributed by atoms with Gasteiger partial charge < -0.3 is 13.9 Å². The lowest BCUT2D eigenvalue weighted by Gasteiger charge is -2.14. The number of ether oxygens (including phenoxy) is 2. The zero-order valence-corrected chi connectivity index (χ0v) is 15.4. The average Bonchev–Trinajstić information content (AvgIpc) is 3.12. The molecular formula is C19H20ClN3O3. The predicted molar refractivity (Wildman–Crippen MR) is 99.6 cm³/mol. The van der Waals surface area contributed by atoms with E-state index in [2.05, 4.69) is 15.1 Å². The number of aromatic nitrogens is 2. The van der Waals surface area contributed by atoms with Gasteiger partial charge in [0.2, 0.25) is 11.8 Å². The van der Waals surface area contributed by atoms with Crippen LogP contribution in [-0.4, -0.2) is 42.4 Å². The number of methoxy groups -OCH3 is 1. The first-order valence-corrected chi connectivity index (χ1v) is 8.55. The molecule has 1 heterocycles. The standard InChI is InChI=1S/C19H20ClN3O3/c1-23(11-12-25-17-9-5-15(20)6-10-17)13-18-21-22-19(26-18)14-3-7-16(24-2)8-4-14/h3-10H,11-13H2,1-2H3. The van der Waals surface area contributed by atoms with Crippen molar-refractivity contribution in [1.29, 1.82) is 0 Å². The third kappa shape index (κ3) is 4.97. The summed E-state index contributed by atoms with van der Waals surface area (Å²) in [4.78, 5) is 2.06. The summed E-state index contributed by atoms with van der Waals surface area (Å²) >= 11 is 5.85. The van der Waals surface area contributed by atoms with Crippen LogP contribution in [0.15, 0.2) is 52.9 Å². The lowest BCUT2D eigenvalue weighted by Crippen LogP contribution is -2.24. The van der Waals surface area contributed by atoms with E-state index in [0.29, 0.717) is 30.0 Å². The van der Waals surface area contributed by atoms with Gasteiger partial charge in [0.05, 0.1) is 13.7 Å². The largest absolute Gasteiger partial charge is 0.497 e. The summed E-state index contributed by atoms with van der Waals surface area (Å²) in [6.07, 6.45) is 0. The topological polar surface area (TPSA) is 60.6 Å². The SMILES string of the molecule is COc1ccc(-c2nnc(CN(C)CCOc3ccc(Cl)cc3)o2)cc1. The van der Waals surface area contributed by atoms with Gasteiger partial charge in [-0.1, -0.05) is 11.6 Å². The van der Waals surface area contributed by atoms with E-state index >= 15 is 0 Å². The molecule has 0 atom stereocenters. The lowest BCUT2D eigenvalue weighted by molar-refractivity contribution is 0.220. The summed E-state index contributed by atoms with van der Waals surface area (Å²) in [5.74, 6) is 2.63. The number of nitrogens with zero attached hydrogens (tertiary/aromatic N) is 3. The maximum Gasteiger partial charge on any atom is 0.247 e. The second-order valence-corrected chi connectivity index (χ2v) is 6.21. The number of likely N-dealkylation sites (N-methyl/N-ethyl adjacent to an activating group) is 1. The minimum absolute atomic E-state index is 0.494. The molecule has 0 amide bonds. The van der Waals surface area contributed by atoms with E-state index in [1.54, 1.807) is 19.2 Å². The summed E-state index contributed by atoms with van der Waals surface area (Å²) in [5.41, 5.74) is 0.860. The molecule has 3 rings (SSSR count). The van der Waals surface area contributed by atoms with Crippen LogP contribution in [0, 0.1) is 0 Å². The molecule has 0 N–H and O–H groups in total. The first-order chi connectivity index (χ1) is 12.6. The Labute approximate surface area is 157 Å². The molecule has 0 bridgehead atoms. The molecule has 0 saturated heterocycles. The van der Waals surface area contributed by atoms with Crippen LogP contribution >= 0.6 is 11.6 Å². The van der Waals surface area contributed by atoms with Crippen molar-refractivity contribution in [2.24, 2.45) is 0 Å². The number of hydrogen-bond acceptors (Lipinski definition) is 6. The Balaban J connectivity index is 1.49. The molecular weight excluding hydrogens is 354 g/mol. The van der Waals surface area contributed by atoms with Crippen LogP contribution in [0.4, 0.5) is 0 Å². The summed E-state index contributed by atoms with van der Waals surface area (Å²) < 4.78 is 16.6. The van der Waals surface area contributed by atoms with Gasteiger partial charge in [-0.25, -0.2) is 0 Å². The second kappa shape index (κ2) is 8.69. The van der Waals surface area contributed by atoms with Gasteiger partial charge in [-0.3, -0.25) is 4.90 Å². The Bertz CT molecular complexity index is 819. The molecule has 0 aliphatic heterocycles. The fraction of sp³-hybridized carbons (Fsp3) is 0.263. The molecule has 1 aromatic heterocycles. The van der Waals surface area contributed by atoms with Gasteiger partial charge >= 0.3 is 0 Å². The summed E-state index contributed by atoms with van der Waals surface area (Å²) in [7, 11) is 3.61. The quantitative estimate of drug-likeness (QED) is 0.596. The highest BCUT2D eigenvalue weighted by Crippen LogP contribution is 2.21. The molecule has 0 saturated carbocycles. The number of halogens is 1. The smallest absolute Gasteiger partial charge is 0.247 e. The molecule has 7 heteroatoms. The van der Waals surface area contributed by atoms with Crippen LogP contribution < -0.4 is 9.47 Å². The molecule has 0 radical (unpaired) electrons.